The summed E-state index contributed by atoms with van der Waals surface area (Å²) in [5.41, 5.74) is 8.10. The van der Waals surface area contributed by atoms with Gasteiger partial charge in [-0.2, -0.15) is 15.8 Å². The van der Waals surface area contributed by atoms with Crippen LogP contribution in [0.1, 0.15) is 36.8 Å². The van der Waals surface area contributed by atoms with Crippen LogP contribution in [0.3, 0.4) is 0 Å². The van der Waals surface area contributed by atoms with E-state index >= 15 is 0 Å². The highest BCUT2D eigenvalue weighted by Gasteiger charge is 2.54. The number of nitrogens with two attached hydrogens (primary N) is 1. The number of allylic oxidation sites excluding steroid dienone is 2. The minimum atomic E-state index is -1.55. The molecule has 1 aliphatic carbocycles. The van der Waals surface area contributed by atoms with Crippen molar-refractivity contribution in [2.75, 3.05) is 20.1 Å². The van der Waals surface area contributed by atoms with E-state index in [2.05, 4.69) is 49.1 Å². The van der Waals surface area contributed by atoms with Crippen LogP contribution >= 0.6 is 0 Å². The van der Waals surface area contributed by atoms with Crippen molar-refractivity contribution in [1.82, 2.24) is 4.90 Å². The second-order valence-electron chi connectivity index (χ2n) is 7.72. The lowest BCUT2D eigenvalue weighted by Crippen LogP contribution is -2.47. The van der Waals surface area contributed by atoms with Gasteiger partial charge in [0, 0.05) is 24.9 Å². The molecule has 0 saturated heterocycles. The highest BCUT2D eigenvalue weighted by molar-refractivity contribution is 5.59. The molecule has 2 atom stereocenters. The van der Waals surface area contributed by atoms with Crippen molar-refractivity contribution in [3.8, 4) is 18.2 Å². The lowest BCUT2D eigenvalue weighted by molar-refractivity contribution is 0.237. The monoisotopic (exact) mass is 357 g/mol. The normalized spacial score (nSPS) is 24.4. The fourth-order valence-corrected chi connectivity index (χ4v) is 4.29. The Bertz CT molecular complexity index is 917. The van der Waals surface area contributed by atoms with Gasteiger partial charge in [-0.1, -0.05) is 44.2 Å². The minimum absolute atomic E-state index is 0.0833. The van der Waals surface area contributed by atoms with Crippen molar-refractivity contribution in [3.05, 3.63) is 58.3 Å². The maximum absolute atomic E-state index is 10.0. The zero-order chi connectivity index (χ0) is 19.8. The van der Waals surface area contributed by atoms with Gasteiger partial charge in [-0.3, -0.25) is 0 Å². The Balaban J connectivity index is 2.26. The summed E-state index contributed by atoms with van der Waals surface area (Å²) in [6, 6.07) is 14.6. The third kappa shape index (κ3) is 2.80. The average Bonchev–Trinajstić information content (AvgIpc) is 2.67. The molecule has 0 radical (unpaired) electrons. The molecule has 3 rings (SSSR count). The predicted molar refractivity (Wildman–Crippen MR) is 103 cm³/mol. The molecule has 0 amide bonds. The molecule has 0 unspecified atom stereocenters. The van der Waals surface area contributed by atoms with Crippen LogP contribution in [0.4, 0.5) is 0 Å². The highest BCUT2D eigenvalue weighted by atomic mass is 15.1. The molecule has 2 N–H and O–H groups in total. The number of nitriles is 3. The van der Waals surface area contributed by atoms with Crippen molar-refractivity contribution in [2.45, 2.75) is 25.7 Å². The van der Waals surface area contributed by atoms with Crippen molar-refractivity contribution in [1.29, 1.82) is 15.8 Å². The number of nitrogens with zero attached hydrogens (tertiary/aromatic N) is 4. The first-order valence-electron chi connectivity index (χ1n) is 9.11. The Morgan fingerprint density at radius 3 is 2.30 bits per heavy atom. The van der Waals surface area contributed by atoms with Crippen LogP contribution in [0.25, 0.3) is 0 Å². The maximum Gasteiger partial charge on any atom is 0.191 e. The summed E-state index contributed by atoms with van der Waals surface area (Å²) in [5.74, 6) is -0.150. The van der Waals surface area contributed by atoms with Crippen LogP contribution in [0.5, 0.6) is 0 Å². The van der Waals surface area contributed by atoms with Gasteiger partial charge >= 0.3 is 0 Å². The summed E-state index contributed by atoms with van der Waals surface area (Å²) < 4.78 is 0. The summed E-state index contributed by atoms with van der Waals surface area (Å²) in [7, 11) is 2.00. The van der Waals surface area contributed by atoms with E-state index in [1.54, 1.807) is 0 Å². The molecular formula is C22H23N5. The van der Waals surface area contributed by atoms with Crippen LogP contribution in [0.2, 0.25) is 0 Å². The van der Waals surface area contributed by atoms with Gasteiger partial charge < -0.3 is 10.6 Å². The maximum atomic E-state index is 10.0. The topological polar surface area (TPSA) is 101 Å². The third-order valence-electron chi connectivity index (χ3n) is 5.81. The molecule has 0 saturated carbocycles. The molecule has 1 aromatic carbocycles. The molecule has 136 valence electrons. The summed E-state index contributed by atoms with van der Waals surface area (Å²) >= 11 is 0. The van der Waals surface area contributed by atoms with Gasteiger partial charge in [0.2, 0.25) is 0 Å². The number of hydrogen-bond donors (Lipinski definition) is 1. The fraction of sp³-hybridized carbons (Fsp3) is 0.409. The Labute approximate surface area is 160 Å². The quantitative estimate of drug-likeness (QED) is 0.876. The van der Waals surface area contributed by atoms with E-state index in [-0.39, 0.29) is 11.6 Å². The first kappa shape index (κ1) is 18.7. The van der Waals surface area contributed by atoms with Crippen molar-refractivity contribution < 1.29 is 0 Å². The van der Waals surface area contributed by atoms with Gasteiger partial charge in [-0.05, 0) is 29.7 Å². The molecule has 2 aliphatic rings. The van der Waals surface area contributed by atoms with Crippen LogP contribution in [-0.2, 0) is 0 Å². The van der Waals surface area contributed by atoms with Gasteiger partial charge in [0.15, 0.2) is 5.41 Å². The molecule has 1 heterocycles. The van der Waals surface area contributed by atoms with E-state index < -0.39 is 11.3 Å². The Morgan fingerprint density at radius 2 is 1.78 bits per heavy atom. The van der Waals surface area contributed by atoms with Crippen molar-refractivity contribution >= 4 is 0 Å². The molecule has 0 spiro atoms. The average molecular weight is 357 g/mol. The van der Waals surface area contributed by atoms with Crippen LogP contribution < -0.4 is 5.73 Å². The lowest BCUT2D eigenvalue weighted by atomic mass is 9.58. The van der Waals surface area contributed by atoms with Gasteiger partial charge in [-0.15, -0.1) is 0 Å². The number of rotatable bonds is 2. The number of hydrogen-bond acceptors (Lipinski definition) is 5. The minimum Gasteiger partial charge on any atom is -0.399 e. The van der Waals surface area contributed by atoms with Crippen molar-refractivity contribution in [3.63, 3.8) is 0 Å². The summed E-state index contributed by atoms with van der Waals surface area (Å²) in [4.78, 5) is 2.14. The Kier molecular flexibility index (Phi) is 4.79. The molecule has 27 heavy (non-hydrogen) atoms. The Hall–Kier alpha value is -3.07. The lowest BCUT2D eigenvalue weighted by Gasteiger charge is -2.45. The highest BCUT2D eigenvalue weighted by Crippen LogP contribution is 2.54. The molecule has 1 aromatic rings. The van der Waals surface area contributed by atoms with E-state index in [1.165, 1.54) is 5.56 Å². The summed E-state index contributed by atoms with van der Waals surface area (Å²) in [5, 5.41) is 29.7. The number of benzene rings is 1. The van der Waals surface area contributed by atoms with Gasteiger partial charge in [0.1, 0.15) is 6.07 Å². The first-order chi connectivity index (χ1) is 12.9. The predicted octanol–water partition coefficient (Wildman–Crippen LogP) is 3.17. The zero-order valence-electron chi connectivity index (χ0n) is 15.9. The summed E-state index contributed by atoms with van der Waals surface area (Å²) in [6.07, 6.45) is 2.01. The number of likely N-dealkylation sites (N-methyl/N-ethyl adjacent to an activating group) is 1. The largest absolute Gasteiger partial charge is 0.399 e. The third-order valence-corrected chi connectivity index (χ3v) is 5.81. The van der Waals surface area contributed by atoms with Crippen LogP contribution in [0, 0.1) is 45.3 Å². The molecule has 0 fully saturated rings. The molecule has 5 heteroatoms. The van der Waals surface area contributed by atoms with E-state index in [4.69, 9.17) is 5.73 Å². The van der Waals surface area contributed by atoms with Crippen LogP contribution in [-0.4, -0.2) is 25.0 Å². The fourth-order valence-electron chi connectivity index (χ4n) is 4.29. The second-order valence-corrected chi connectivity index (χ2v) is 7.72. The van der Waals surface area contributed by atoms with E-state index in [0.29, 0.717) is 18.0 Å². The molecule has 0 bridgehead atoms. The molecule has 0 aromatic heterocycles. The second kappa shape index (κ2) is 6.92. The first-order valence-corrected chi connectivity index (χ1v) is 9.11. The van der Waals surface area contributed by atoms with E-state index in [0.717, 1.165) is 17.7 Å². The van der Waals surface area contributed by atoms with E-state index in [9.17, 15) is 15.8 Å². The molecule has 1 aliphatic heterocycles. The van der Waals surface area contributed by atoms with Crippen molar-refractivity contribution in [2.24, 2.45) is 17.1 Å². The summed E-state index contributed by atoms with van der Waals surface area (Å²) in [6.45, 7) is 5.64. The zero-order valence-corrected chi connectivity index (χ0v) is 15.9. The van der Waals surface area contributed by atoms with Gasteiger partial charge in [-0.25, -0.2) is 0 Å². The molecule has 5 nitrogen and oxygen atoms in total. The smallest absolute Gasteiger partial charge is 0.191 e. The number of fused-ring (bicyclic) bond motifs is 1. The van der Waals surface area contributed by atoms with Crippen LogP contribution in [0.15, 0.2) is 47.2 Å². The standard InChI is InChI=1S/C22H23N5/c1-14(2)15-4-6-16(7-5-15)20-19-11-27(3)9-8-17(19)18(10-23)21(26)22(20,12-24)13-25/h4-8,14,19-20H,9,11,26H2,1-3H3/t19-,20-/m1/s1. The Morgan fingerprint density at radius 1 is 1.15 bits per heavy atom. The van der Waals surface area contributed by atoms with Gasteiger partial charge in [0.05, 0.1) is 23.4 Å². The van der Waals surface area contributed by atoms with E-state index in [1.807, 2.05) is 25.3 Å². The van der Waals surface area contributed by atoms with Gasteiger partial charge in [0.25, 0.3) is 0 Å². The SMILES string of the molecule is CC(C)c1ccc([C@@H]2[C@@H]3CN(C)CC=C3C(C#N)=C(N)C2(C#N)C#N)cc1. The molecular weight excluding hydrogens is 334 g/mol.